The van der Waals surface area contributed by atoms with Gasteiger partial charge < -0.3 is 4.74 Å². The minimum Gasteiger partial charge on any atom is -0.364 e. The maximum absolute atomic E-state index is 11.2. The second kappa shape index (κ2) is 6.48. The SMILES string of the molecule is CCC(OCc1cccc(Cl)c1)C(=O)NN. The first-order valence-corrected chi connectivity index (χ1v) is 5.41. The van der Waals surface area contributed by atoms with Crippen LogP contribution in [0.4, 0.5) is 0 Å². The molecule has 0 heterocycles. The van der Waals surface area contributed by atoms with Crippen molar-refractivity contribution in [2.75, 3.05) is 0 Å². The molecule has 0 aliphatic heterocycles. The molecule has 0 fully saturated rings. The third-order valence-electron chi connectivity index (χ3n) is 2.15. The van der Waals surface area contributed by atoms with Gasteiger partial charge in [-0.1, -0.05) is 30.7 Å². The lowest BCUT2D eigenvalue weighted by atomic mass is 10.2. The van der Waals surface area contributed by atoms with E-state index in [4.69, 9.17) is 22.2 Å². The highest BCUT2D eigenvalue weighted by Gasteiger charge is 2.15. The fourth-order valence-corrected chi connectivity index (χ4v) is 1.51. The summed E-state index contributed by atoms with van der Waals surface area (Å²) < 4.78 is 5.43. The molecule has 0 saturated carbocycles. The topological polar surface area (TPSA) is 64.3 Å². The molecule has 0 radical (unpaired) electrons. The molecule has 5 heteroatoms. The molecule has 16 heavy (non-hydrogen) atoms. The van der Waals surface area contributed by atoms with Gasteiger partial charge in [0.1, 0.15) is 6.10 Å². The van der Waals surface area contributed by atoms with E-state index in [2.05, 4.69) is 5.43 Å². The van der Waals surface area contributed by atoms with Crippen molar-refractivity contribution in [2.24, 2.45) is 5.84 Å². The summed E-state index contributed by atoms with van der Waals surface area (Å²) in [6, 6.07) is 7.31. The smallest absolute Gasteiger partial charge is 0.262 e. The Morgan fingerprint density at radius 1 is 1.62 bits per heavy atom. The molecule has 0 bridgehead atoms. The van der Waals surface area contributed by atoms with Crippen LogP contribution in [-0.4, -0.2) is 12.0 Å². The minimum atomic E-state index is -0.524. The number of nitrogens with two attached hydrogens (primary N) is 1. The number of nitrogens with one attached hydrogen (secondary N) is 1. The molecule has 1 rings (SSSR count). The van der Waals surface area contributed by atoms with Gasteiger partial charge in [0.15, 0.2) is 0 Å². The highest BCUT2D eigenvalue weighted by Crippen LogP contribution is 2.12. The van der Waals surface area contributed by atoms with Crippen LogP contribution in [0, 0.1) is 0 Å². The van der Waals surface area contributed by atoms with Crippen molar-refractivity contribution in [1.82, 2.24) is 5.43 Å². The van der Waals surface area contributed by atoms with E-state index in [9.17, 15) is 4.79 Å². The zero-order valence-electron chi connectivity index (χ0n) is 9.07. The fourth-order valence-electron chi connectivity index (χ4n) is 1.30. The monoisotopic (exact) mass is 242 g/mol. The van der Waals surface area contributed by atoms with Gasteiger partial charge in [0.25, 0.3) is 5.91 Å². The van der Waals surface area contributed by atoms with E-state index in [1.807, 2.05) is 19.1 Å². The van der Waals surface area contributed by atoms with Crippen LogP contribution in [-0.2, 0) is 16.1 Å². The van der Waals surface area contributed by atoms with E-state index < -0.39 is 6.10 Å². The summed E-state index contributed by atoms with van der Waals surface area (Å²) in [7, 11) is 0. The molecule has 0 aromatic heterocycles. The standard InChI is InChI=1S/C11H15ClN2O2/c1-2-10(11(15)14-13)16-7-8-4-3-5-9(12)6-8/h3-6,10H,2,7,13H2,1H3,(H,14,15). The van der Waals surface area contributed by atoms with Crippen molar-refractivity contribution in [1.29, 1.82) is 0 Å². The van der Waals surface area contributed by atoms with Crippen LogP contribution < -0.4 is 11.3 Å². The van der Waals surface area contributed by atoms with Crippen molar-refractivity contribution in [3.8, 4) is 0 Å². The predicted molar refractivity (Wildman–Crippen MR) is 62.7 cm³/mol. The third kappa shape index (κ3) is 3.81. The molecule has 1 aromatic carbocycles. The highest BCUT2D eigenvalue weighted by atomic mass is 35.5. The molecular weight excluding hydrogens is 228 g/mol. The molecular formula is C11H15ClN2O2. The van der Waals surface area contributed by atoms with Gasteiger partial charge in [0, 0.05) is 5.02 Å². The molecule has 4 nitrogen and oxygen atoms in total. The molecule has 3 N–H and O–H groups in total. The number of ether oxygens (including phenoxy) is 1. The molecule has 1 amide bonds. The number of hydrogen-bond donors (Lipinski definition) is 2. The molecule has 0 aliphatic rings. The van der Waals surface area contributed by atoms with Crippen LogP contribution in [0.1, 0.15) is 18.9 Å². The summed E-state index contributed by atoms with van der Waals surface area (Å²) in [5.41, 5.74) is 3.00. The summed E-state index contributed by atoms with van der Waals surface area (Å²) in [6.45, 7) is 2.20. The van der Waals surface area contributed by atoms with E-state index in [1.54, 1.807) is 12.1 Å². The number of rotatable bonds is 5. The number of halogens is 1. The largest absolute Gasteiger partial charge is 0.364 e. The minimum absolute atomic E-state index is 0.315. The highest BCUT2D eigenvalue weighted by molar-refractivity contribution is 6.30. The molecule has 1 unspecified atom stereocenters. The number of benzene rings is 1. The number of carbonyl (C=O) groups is 1. The van der Waals surface area contributed by atoms with Crippen LogP contribution in [0.15, 0.2) is 24.3 Å². The Bertz CT molecular complexity index is 358. The van der Waals surface area contributed by atoms with E-state index in [0.717, 1.165) is 5.56 Å². The van der Waals surface area contributed by atoms with Crippen LogP contribution in [0.25, 0.3) is 0 Å². The maximum atomic E-state index is 11.2. The molecule has 0 saturated heterocycles. The van der Waals surface area contributed by atoms with E-state index in [0.29, 0.717) is 18.1 Å². The summed E-state index contributed by atoms with van der Waals surface area (Å²) in [6.07, 6.45) is 0.0489. The van der Waals surface area contributed by atoms with E-state index in [1.165, 1.54) is 0 Å². The van der Waals surface area contributed by atoms with Gasteiger partial charge in [-0.15, -0.1) is 0 Å². The second-order valence-electron chi connectivity index (χ2n) is 3.35. The first kappa shape index (κ1) is 13.0. The molecule has 1 atom stereocenters. The van der Waals surface area contributed by atoms with Crippen molar-refractivity contribution in [3.05, 3.63) is 34.9 Å². The summed E-state index contributed by atoms with van der Waals surface area (Å²) in [5, 5.41) is 0.650. The Hall–Kier alpha value is -1.10. The Kier molecular flexibility index (Phi) is 5.25. The van der Waals surface area contributed by atoms with Gasteiger partial charge in [-0.05, 0) is 24.1 Å². The van der Waals surface area contributed by atoms with Crippen LogP contribution in [0.3, 0.4) is 0 Å². The fraction of sp³-hybridized carbons (Fsp3) is 0.364. The Morgan fingerprint density at radius 2 is 2.38 bits per heavy atom. The predicted octanol–water partition coefficient (Wildman–Crippen LogP) is 1.63. The molecule has 88 valence electrons. The molecule has 0 aliphatic carbocycles. The van der Waals surface area contributed by atoms with Crippen LogP contribution in [0.2, 0.25) is 5.02 Å². The Balaban J connectivity index is 2.52. The van der Waals surface area contributed by atoms with Crippen LogP contribution in [0.5, 0.6) is 0 Å². The Morgan fingerprint density at radius 3 is 2.94 bits per heavy atom. The zero-order valence-corrected chi connectivity index (χ0v) is 9.83. The lowest BCUT2D eigenvalue weighted by Gasteiger charge is -2.14. The number of hydrazine groups is 1. The summed E-state index contributed by atoms with van der Waals surface area (Å²) in [4.78, 5) is 11.2. The Labute approximate surface area is 99.7 Å². The average molecular weight is 243 g/mol. The van der Waals surface area contributed by atoms with Crippen LogP contribution >= 0.6 is 11.6 Å². The number of amides is 1. The first-order valence-electron chi connectivity index (χ1n) is 5.04. The van der Waals surface area contributed by atoms with Gasteiger partial charge in [0.2, 0.25) is 0 Å². The van der Waals surface area contributed by atoms with Gasteiger partial charge >= 0.3 is 0 Å². The van der Waals surface area contributed by atoms with Gasteiger partial charge in [-0.25, -0.2) is 5.84 Å². The van der Waals surface area contributed by atoms with Crippen molar-refractivity contribution < 1.29 is 9.53 Å². The third-order valence-corrected chi connectivity index (χ3v) is 2.38. The first-order chi connectivity index (χ1) is 7.67. The van der Waals surface area contributed by atoms with E-state index >= 15 is 0 Å². The quantitative estimate of drug-likeness (QED) is 0.469. The number of carbonyl (C=O) groups excluding carboxylic acids is 1. The second-order valence-corrected chi connectivity index (χ2v) is 3.78. The van der Waals surface area contributed by atoms with Crippen molar-refractivity contribution in [3.63, 3.8) is 0 Å². The van der Waals surface area contributed by atoms with Gasteiger partial charge in [-0.3, -0.25) is 10.2 Å². The maximum Gasteiger partial charge on any atom is 0.262 e. The summed E-state index contributed by atoms with van der Waals surface area (Å²) in [5.74, 6) is 4.73. The normalized spacial score (nSPS) is 12.2. The summed E-state index contributed by atoms with van der Waals surface area (Å²) >= 11 is 5.83. The molecule has 1 aromatic rings. The zero-order chi connectivity index (χ0) is 12.0. The van der Waals surface area contributed by atoms with Gasteiger partial charge in [-0.2, -0.15) is 0 Å². The average Bonchev–Trinajstić information content (AvgIpc) is 2.29. The lowest BCUT2D eigenvalue weighted by Crippen LogP contribution is -2.40. The van der Waals surface area contributed by atoms with Gasteiger partial charge in [0.05, 0.1) is 6.61 Å². The number of hydrogen-bond acceptors (Lipinski definition) is 3. The van der Waals surface area contributed by atoms with Crippen molar-refractivity contribution >= 4 is 17.5 Å². The lowest BCUT2D eigenvalue weighted by molar-refractivity contribution is -0.133. The van der Waals surface area contributed by atoms with E-state index in [-0.39, 0.29) is 5.91 Å². The molecule has 0 spiro atoms. The van der Waals surface area contributed by atoms with Crippen molar-refractivity contribution in [2.45, 2.75) is 26.1 Å².